The van der Waals surface area contributed by atoms with Crippen molar-refractivity contribution in [1.29, 1.82) is 5.26 Å². The molecule has 5 atom stereocenters. The number of ether oxygens (including phenoxy) is 1. The summed E-state index contributed by atoms with van der Waals surface area (Å²) in [6, 6.07) is 3.75. The Kier molecular flexibility index (Phi) is 21.8. The Morgan fingerprint density at radius 1 is 1.22 bits per heavy atom. The van der Waals surface area contributed by atoms with E-state index in [0.717, 1.165) is 47.7 Å². The van der Waals surface area contributed by atoms with E-state index in [-0.39, 0.29) is 25.1 Å². The summed E-state index contributed by atoms with van der Waals surface area (Å²) < 4.78 is 23.4. The van der Waals surface area contributed by atoms with Gasteiger partial charge in [0.05, 0.1) is 25.6 Å². The number of anilines is 1. The Morgan fingerprint density at radius 3 is 2.43 bits per heavy atom. The number of nitrogens with one attached hydrogen (secondary N) is 1. The van der Waals surface area contributed by atoms with Crippen LogP contribution in [0.4, 0.5) is 5.82 Å². The van der Waals surface area contributed by atoms with Crippen LogP contribution in [0, 0.1) is 18.3 Å². The number of nitriles is 1. The van der Waals surface area contributed by atoms with Gasteiger partial charge in [-0.1, -0.05) is 6.92 Å². The number of aryl methyl sites for hydroxylation is 1. The van der Waals surface area contributed by atoms with Crippen molar-refractivity contribution < 1.29 is 13.8 Å². The molecular weight excluding hydrogens is 1530 g/mol. The van der Waals surface area contributed by atoms with Gasteiger partial charge in [-0.15, -0.1) is 0 Å². The zero-order valence-corrected chi connectivity index (χ0v) is 45.5. The molecule has 46 heavy (non-hydrogen) atoms. The topological polar surface area (TPSA) is 139 Å². The van der Waals surface area contributed by atoms with Crippen LogP contribution in [-0.4, -0.2) is 174 Å². The van der Waals surface area contributed by atoms with Crippen molar-refractivity contribution >= 4 is 121 Å². The maximum atomic E-state index is 13.0. The second-order valence-corrected chi connectivity index (χ2v) is 135. The summed E-state index contributed by atoms with van der Waals surface area (Å²) in [5.41, 5.74) is -1.36. The van der Waals surface area contributed by atoms with E-state index in [1.165, 1.54) is 17.1 Å². The van der Waals surface area contributed by atoms with Crippen molar-refractivity contribution in [2.24, 2.45) is 0 Å². The fourth-order valence-electron chi connectivity index (χ4n) is 5.35. The van der Waals surface area contributed by atoms with Gasteiger partial charge in [-0.2, -0.15) is 5.26 Å². The first-order chi connectivity index (χ1) is 22.0. The average molecular weight is 1570 g/mol. The average Bonchev–Trinajstić information content (AvgIpc) is 3.51. The summed E-state index contributed by atoms with van der Waals surface area (Å²) >= 11 is 9.80. The minimum absolute atomic E-state index is 0.124. The quantitative estimate of drug-likeness (QED) is 0.183. The Labute approximate surface area is 324 Å². The van der Waals surface area contributed by atoms with Gasteiger partial charge >= 0.3 is 113 Å². The van der Waals surface area contributed by atoms with Crippen molar-refractivity contribution in [3.8, 4) is 6.07 Å². The molecule has 21 heteroatoms. The van der Waals surface area contributed by atoms with E-state index in [2.05, 4.69) is 93.9 Å². The van der Waals surface area contributed by atoms with Gasteiger partial charge in [0.25, 0.3) is 14.1 Å². The van der Waals surface area contributed by atoms with E-state index in [4.69, 9.17) is 19.0 Å². The van der Waals surface area contributed by atoms with E-state index < -0.39 is 43.7 Å². The molecule has 2 fully saturated rings. The summed E-state index contributed by atoms with van der Waals surface area (Å²) in [6.45, 7) is 12.8. The van der Waals surface area contributed by atoms with Crippen LogP contribution in [-0.2, 0) is 13.8 Å². The van der Waals surface area contributed by atoms with E-state index in [9.17, 15) is 9.59 Å². The Balaban J connectivity index is 0.000000637. The number of fused-ring (bicyclic) bond motifs is 2. The van der Waals surface area contributed by atoms with Crippen LogP contribution in [0.5, 0.6) is 0 Å². The summed E-state index contributed by atoms with van der Waals surface area (Å²) in [4.78, 5) is 38.1. The molecule has 0 saturated carbocycles. The summed E-state index contributed by atoms with van der Waals surface area (Å²) in [5, 5.41) is 9.11. The minimum atomic E-state index is -1.57. The molecule has 12 nitrogen and oxygen atoms in total. The standard InChI is InChI=1S/C25H36N7O5P.Te8/c1-7-25-14-31(19-9-11-27-15-28-19)20(23(36-25)30-13-18(6)22(33)29-24(30)34)21(25)37-38(35-12-8-10-26)32(16(2)3)17(4)5;1-3-5-7-8-6-4-2/h9,11,13,15-17,20-21,23H,7-8,12,14H2,1-6H3,(H,29,33,34);/t20-,21+,23-,25+,38?;/m1./s1. The zero-order valence-electron chi connectivity index (χ0n) is 26.0. The fourth-order valence-corrected chi connectivity index (χ4v) is 623. The van der Waals surface area contributed by atoms with Crippen molar-refractivity contribution in [3.63, 3.8) is 0 Å². The van der Waals surface area contributed by atoms with Crippen LogP contribution in [0.2, 0.25) is 0 Å². The first kappa shape index (κ1) is 44.0. The molecule has 2 saturated heterocycles. The van der Waals surface area contributed by atoms with Crippen LogP contribution in [0.3, 0.4) is 0 Å². The zero-order chi connectivity index (χ0) is 33.9. The third kappa shape index (κ3) is 12.1. The van der Waals surface area contributed by atoms with Gasteiger partial charge in [0.2, 0.25) is 0 Å². The molecular formula is C25H36N7O5PTe8. The maximum absolute atomic E-state index is 13.0. The first-order valence-corrected chi connectivity index (χ1v) is 66.5. The van der Waals surface area contributed by atoms with E-state index >= 15 is 0 Å². The van der Waals surface area contributed by atoms with Crippen LogP contribution in [0.15, 0.2) is 34.4 Å². The molecule has 0 aromatic carbocycles. The molecule has 0 spiro atoms. The molecule has 4 heterocycles. The second-order valence-electron chi connectivity index (χ2n) is 10.6. The summed E-state index contributed by atoms with van der Waals surface area (Å²) in [7, 11) is -1.57. The number of aromatic nitrogens is 4. The summed E-state index contributed by atoms with van der Waals surface area (Å²) in [5.74, 6) is 0.690. The van der Waals surface area contributed by atoms with Crippen LogP contribution in [0.25, 0.3) is 0 Å². The van der Waals surface area contributed by atoms with Gasteiger partial charge in [-0.05, 0) is 47.1 Å². The van der Waals surface area contributed by atoms with Crippen LogP contribution < -0.4 is 16.1 Å². The SMILES string of the molecule is CC[C@@]12CN(c3ccncn3)[C@@H]([C@H](n3cc(C)c(=O)[nH]c3=O)O1)[C@@H]2OP(OCCC#N)N(C(C)C)C(C)C.[Te]=[Te]=[Te]=[Te]=[Te]=[Te]=[Te]=[Te]. The molecule has 4 rings (SSSR count). The van der Waals surface area contributed by atoms with E-state index in [1.807, 2.05) is 13.0 Å². The molecule has 2 aliphatic heterocycles. The molecule has 0 aliphatic carbocycles. The molecule has 0 amide bonds. The predicted molar refractivity (Wildman–Crippen MR) is 188 cm³/mol. The molecule has 254 valence electrons. The number of morpholine rings is 1. The number of H-pyrrole nitrogens is 1. The van der Waals surface area contributed by atoms with Crippen molar-refractivity contribution in [1.82, 2.24) is 24.2 Å². The van der Waals surface area contributed by atoms with E-state index in [1.54, 1.807) is 13.1 Å². The van der Waals surface area contributed by atoms with Crippen molar-refractivity contribution in [3.05, 3.63) is 51.2 Å². The molecule has 2 aromatic heterocycles. The fraction of sp³-hybridized carbons (Fsp3) is 0.640. The van der Waals surface area contributed by atoms with E-state index in [0.29, 0.717) is 48.2 Å². The van der Waals surface area contributed by atoms with Gasteiger partial charge < -0.3 is 18.7 Å². The van der Waals surface area contributed by atoms with Gasteiger partial charge in [0.1, 0.15) is 29.9 Å². The number of nitrogens with zero attached hydrogens (tertiary/aromatic N) is 6. The third-order valence-electron chi connectivity index (χ3n) is 7.16. The van der Waals surface area contributed by atoms with Gasteiger partial charge in [0, 0.05) is 30.0 Å². The van der Waals surface area contributed by atoms with Gasteiger partial charge in [-0.25, -0.2) is 19.4 Å². The normalized spacial score (nSPS) is 22.2. The Morgan fingerprint density at radius 2 is 1.89 bits per heavy atom. The Hall–Kier alpha value is 3.64. The monoisotopic (exact) mass is 1580 g/mol. The van der Waals surface area contributed by atoms with Crippen LogP contribution >= 0.6 is 8.53 Å². The van der Waals surface area contributed by atoms with Crippen molar-refractivity contribution in [2.75, 3.05) is 18.1 Å². The second kappa shape index (κ2) is 22.8. The molecule has 2 aromatic rings. The number of hydrogen-bond acceptors (Lipinski definition) is 10. The number of aromatic amines is 1. The first-order valence-electron chi connectivity index (χ1n) is 14.1. The Bertz CT molecular complexity index is 1720. The van der Waals surface area contributed by atoms with Gasteiger partial charge in [-0.3, -0.25) is 14.3 Å². The summed E-state index contributed by atoms with van der Waals surface area (Å²) in [6.07, 6.45) is 4.32. The van der Waals surface area contributed by atoms with Crippen molar-refractivity contribution in [2.45, 2.75) is 90.4 Å². The van der Waals surface area contributed by atoms with Gasteiger partial charge in [0.15, 0.2) is 6.23 Å². The molecule has 1 unspecified atom stereocenters. The van der Waals surface area contributed by atoms with Crippen LogP contribution in [0.1, 0.15) is 59.3 Å². The molecule has 2 aliphatic rings. The predicted octanol–water partition coefficient (Wildman–Crippen LogP) is -0.184. The molecule has 0 radical (unpaired) electrons. The molecule has 2 bridgehead atoms. The molecule has 1 N–H and O–H groups in total. The number of hydrogen-bond donors (Lipinski definition) is 1. The third-order valence-corrected chi connectivity index (χ3v) is 290. The number of rotatable bonds is 11.